The van der Waals surface area contributed by atoms with Gasteiger partial charge in [0.2, 0.25) is 0 Å². The number of aromatic nitrogens is 2. The van der Waals surface area contributed by atoms with E-state index in [-0.39, 0.29) is 12.7 Å². The molecule has 2 N–H and O–H groups in total. The molecule has 1 saturated carbocycles. The maximum atomic E-state index is 12.9. The lowest BCUT2D eigenvalue weighted by Crippen LogP contribution is -2.45. The first-order chi connectivity index (χ1) is 18.6. The number of aryl methyl sites for hydroxylation is 1. The van der Waals surface area contributed by atoms with Crippen molar-refractivity contribution in [1.29, 1.82) is 0 Å². The molecule has 4 aromatic rings. The number of fused-ring (bicyclic) bond motifs is 3. The summed E-state index contributed by atoms with van der Waals surface area (Å²) in [6, 6.07) is 14.4. The molecular formula is C30H37N3O4S. The number of aliphatic hydroxyl groups excluding tert-OH is 1. The molecule has 7 nitrogen and oxygen atoms in total. The van der Waals surface area contributed by atoms with Crippen LogP contribution in [0.2, 0.25) is 0 Å². The summed E-state index contributed by atoms with van der Waals surface area (Å²) in [5.41, 5.74) is 4.90. The minimum absolute atomic E-state index is 0.0566. The molecule has 2 fully saturated rings. The van der Waals surface area contributed by atoms with Crippen molar-refractivity contribution in [2.75, 3.05) is 39.5 Å². The van der Waals surface area contributed by atoms with Crippen LogP contribution in [-0.2, 0) is 15.5 Å². The molecule has 2 aromatic heterocycles. The van der Waals surface area contributed by atoms with Crippen LogP contribution < -0.4 is 4.74 Å². The van der Waals surface area contributed by atoms with Crippen LogP contribution in [0.5, 0.6) is 5.75 Å². The van der Waals surface area contributed by atoms with E-state index in [1.807, 2.05) is 45.2 Å². The number of pyridine rings is 1. The zero-order valence-electron chi connectivity index (χ0n) is 22.4. The largest absolute Gasteiger partial charge is 0.489 e. The highest BCUT2D eigenvalue weighted by atomic mass is 32.2. The molecule has 2 aromatic carbocycles. The number of nitrogens with one attached hydrogen (secondary N) is 1. The Bertz CT molecular complexity index is 1430. The fourth-order valence-electron chi connectivity index (χ4n) is 5.00. The second-order valence-corrected chi connectivity index (χ2v) is 11.5. The van der Waals surface area contributed by atoms with Crippen molar-refractivity contribution in [2.45, 2.75) is 49.9 Å². The molecule has 8 heteroatoms. The van der Waals surface area contributed by atoms with Crippen LogP contribution in [0.4, 0.5) is 0 Å². The van der Waals surface area contributed by atoms with Gasteiger partial charge in [0.1, 0.15) is 24.1 Å². The standard InChI is InChI=1S/C28H31N3O4S.C2H6/c1-18-13-24-26-23(19-3-2-4-22(14-19)36(33)21-5-6-21)7-8-25(27(26)30-28(24)29-15-18)35-17-20-16-31(9-11-32)10-12-34-20;1-2/h2-4,7-8,13-15,20-21,32H,5-6,9-12,16-17H2,1H3,(H,29,30);1-2H3. The van der Waals surface area contributed by atoms with Crippen molar-refractivity contribution < 1.29 is 18.8 Å². The van der Waals surface area contributed by atoms with Crippen LogP contribution in [0.3, 0.4) is 0 Å². The van der Waals surface area contributed by atoms with Crippen molar-refractivity contribution in [3.8, 4) is 16.9 Å². The third-order valence-electron chi connectivity index (χ3n) is 6.97. The molecule has 0 amide bonds. The smallest absolute Gasteiger partial charge is 0.143 e. The van der Waals surface area contributed by atoms with Gasteiger partial charge in [0, 0.05) is 46.7 Å². The Balaban J connectivity index is 0.00000144. The molecule has 3 heterocycles. The maximum Gasteiger partial charge on any atom is 0.143 e. The highest BCUT2D eigenvalue weighted by molar-refractivity contribution is 7.86. The monoisotopic (exact) mass is 535 g/mol. The van der Waals surface area contributed by atoms with Crippen LogP contribution in [0.15, 0.2) is 53.6 Å². The van der Waals surface area contributed by atoms with Gasteiger partial charge in [0.25, 0.3) is 0 Å². The normalized spacial score (nSPS) is 18.8. The van der Waals surface area contributed by atoms with E-state index >= 15 is 0 Å². The molecule has 0 spiro atoms. The SMILES string of the molecule is CC.Cc1cnc2[nH]c3c(OCC4CN(CCO)CCO4)ccc(-c4cccc(S(=O)C5CC5)c4)c3c2c1. The molecule has 202 valence electrons. The number of aromatic amines is 1. The molecule has 2 aliphatic rings. The van der Waals surface area contributed by atoms with E-state index in [1.165, 1.54) is 0 Å². The van der Waals surface area contributed by atoms with Crippen molar-refractivity contribution in [3.05, 3.63) is 54.2 Å². The average Bonchev–Trinajstić information content (AvgIpc) is 3.74. The summed E-state index contributed by atoms with van der Waals surface area (Å²) in [6.45, 7) is 9.46. The number of aliphatic hydroxyl groups is 1. The number of rotatable bonds is 8. The Morgan fingerprint density at radius 1 is 1.21 bits per heavy atom. The Kier molecular flexibility index (Phi) is 8.43. The van der Waals surface area contributed by atoms with Crippen molar-refractivity contribution >= 4 is 32.7 Å². The summed E-state index contributed by atoms with van der Waals surface area (Å²) in [4.78, 5) is 11.2. The number of nitrogens with zero attached hydrogens (tertiary/aromatic N) is 2. The quantitative estimate of drug-likeness (QED) is 0.328. The topological polar surface area (TPSA) is 87.7 Å². The van der Waals surface area contributed by atoms with E-state index in [0.29, 0.717) is 25.0 Å². The van der Waals surface area contributed by atoms with E-state index in [9.17, 15) is 9.32 Å². The number of benzene rings is 2. The number of ether oxygens (including phenoxy) is 2. The molecule has 2 unspecified atom stereocenters. The minimum Gasteiger partial charge on any atom is -0.489 e. The zero-order valence-corrected chi connectivity index (χ0v) is 23.2. The Hall–Kier alpha value is -2.78. The Morgan fingerprint density at radius 2 is 2.05 bits per heavy atom. The minimum atomic E-state index is -0.956. The lowest BCUT2D eigenvalue weighted by molar-refractivity contribution is -0.0506. The lowest BCUT2D eigenvalue weighted by atomic mass is 9.99. The maximum absolute atomic E-state index is 12.9. The van der Waals surface area contributed by atoms with Gasteiger partial charge in [-0.2, -0.15) is 0 Å². The van der Waals surface area contributed by atoms with Crippen molar-refractivity contribution in [2.24, 2.45) is 0 Å². The molecule has 1 aliphatic carbocycles. The van der Waals surface area contributed by atoms with E-state index in [4.69, 9.17) is 9.47 Å². The molecule has 0 bridgehead atoms. The van der Waals surface area contributed by atoms with Crippen molar-refractivity contribution in [3.63, 3.8) is 0 Å². The van der Waals surface area contributed by atoms with Crippen LogP contribution in [0, 0.1) is 6.92 Å². The fraction of sp³-hybridized carbons (Fsp3) is 0.433. The summed E-state index contributed by atoms with van der Waals surface area (Å²) in [5, 5.41) is 11.7. The third kappa shape index (κ3) is 5.64. The van der Waals surface area contributed by atoms with Gasteiger partial charge in [0.05, 0.1) is 29.5 Å². The predicted molar refractivity (Wildman–Crippen MR) is 153 cm³/mol. The molecule has 1 saturated heterocycles. The van der Waals surface area contributed by atoms with Gasteiger partial charge in [-0.15, -0.1) is 0 Å². The van der Waals surface area contributed by atoms with E-state index in [1.54, 1.807) is 0 Å². The van der Waals surface area contributed by atoms with Gasteiger partial charge in [-0.05, 0) is 66.8 Å². The van der Waals surface area contributed by atoms with Gasteiger partial charge in [-0.3, -0.25) is 9.11 Å². The first-order valence-corrected chi connectivity index (χ1v) is 14.8. The van der Waals surface area contributed by atoms with Crippen LogP contribution in [-0.4, -0.2) is 75.0 Å². The first-order valence-electron chi connectivity index (χ1n) is 13.6. The van der Waals surface area contributed by atoms with Gasteiger partial charge < -0.3 is 19.6 Å². The lowest BCUT2D eigenvalue weighted by Gasteiger charge is -2.32. The molecule has 38 heavy (non-hydrogen) atoms. The van der Waals surface area contributed by atoms with Gasteiger partial charge >= 0.3 is 0 Å². The zero-order chi connectivity index (χ0) is 26.6. The molecule has 6 rings (SSSR count). The van der Waals surface area contributed by atoms with Gasteiger partial charge in [-0.1, -0.05) is 26.0 Å². The van der Waals surface area contributed by atoms with E-state index in [2.05, 4.69) is 39.1 Å². The Labute approximate surface area is 226 Å². The number of hydrogen-bond donors (Lipinski definition) is 2. The van der Waals surface area contributed by atoms with E-state index in [0.717, 1.165) is 75.2 Å². The number of morpholine rings is 1. The van der Waals surface area contributed by atoms with Crippen molar-refractivity contribution in [1.82, 2.24) is 14.9 Å². The highest BCUT2D eigenvalue weighted by Crippen LogP contribution is 2.40. The Morgan fingerprint density at radius 3 is 2.84 bits per heavy atom. The molecule has 2 atom stereocenters. The third-order valence-corrected chi connectivity index (χ3v) is 8.77. The summed E-state index contributed by atoms with van der Waals surface area (Å²) >= 11 is 0. The van der Waals surface area contributed by atoms with E-state index < -0.39 is 10.8 Å². The first kappa shape index (κ1) is 26.8. The summed E-state index contributed by atoms with van der Waals surface area (Å²) in [5.74, 6) is 0.755. The second-order valence-electron chi connectivity index (χ2n) is 9.75. The molecular weight excluding hydrogens is 498 g/mol. The number of hydrogen-bond acceptors (Lipinski definition) is 6. The molecule has 0 radical (unpaired) electrons. The van der Waals surface area contributed by atoms with Crippen LogP contribution >= 0.6 is 0 Å². The summed E-state index contributed by atoms with van der Waals surface area (Å²) < 4.78 is 25.1. The van der Waals surface area contributed by atoms with Crippen LogP contribution in [0.25, 0.3) is 33.1 Å². The van der Waals surface area contributed by atoms with Crippen LogP contribution in [0.1, 0.15) is 32.3 Å². The summed E-state index contributed by atoms with van der Waals surface area (Å²) in [7, 11) is -0.956. The second kappa shape index (κ2) is 11.9. The number of β-amino-alcohol motifs (C(OH)–C–C–N with tert-alkyl or cyclic N) is 1. The number of H-pyrrole nitrogens is 1. The average molecular weight is 536 g/mol. The fourth-order valence-corrected chi connectivity index (χ4v) is 6.40. The van der Waals surface area contributed by atoms with Gasteiger partial charge in [-0.25, -0.2) is 4.98 Å². The highest BCUT2D eigenvalue weighted by Gasteiger charge is 2.29. The summed E-state index contributed by atoms with van der Waals surface area (Å²) in [6.07, 6.45) is 3.90. The van der Waals surface area contributed by atoms with Gasteiger partial charge in [0.15, 0.2) is 0 Å². The molecule has 1 aliphatic heterocycles. The predicted octanol–water partition coefficient (Wildman–Crippen LogP) is 5.06.